The fourth-order valence-corrected chi connectivity index (χ4v) is 6.12. The summed E-state index contributed by atoms with van der Waals surface area (Å²) in [7, 11) is -1.98. The molecule has 2 aliphatic rings. The molecular formula is C17H27NO4S2Si. The highest BCUT2D eigenvalue weighted by molar-refractivity contribution is 8.24. The van der Waals surface area contributed by atoms with Crippen molar-refractivity contribution < 1.29 is 18.8 Å². The van der Waals surface area contributed by atoms with Crippen LogP contribution in [-0.2, 0) is 18.8 Å². The number of rotatable bonds is 6. The average molecular weight is 402 g/mol. The Kier molecular flexibility index (Phi) is 5.88. The molecule has 25 heavy (non-hydrogen) atoms. The number of esters is 1. The predicted octanol–water partition coefficient (Wildman–Crippen LogP) is 3.35. The van der Waals surface area contributed by atoms with Crippen LogP contribution in [0.3, 0.4) is 0 Å². The highest BCUT2D eigenvalue weighted by Gasteiger charge is 2.61. The minimum absolute atomic E-state index is 0.0723. The molecule has 0 spiro atoms. The molecule has 0 aromatic heterocycles. The number of β-lactam (4-membered cyclic amide) rings is 1. The van der Waals surface area contributed by atoms with Gasteiger partial charge in [0.1, 0.15) is 6.61 Å². The lowest BCUT2D eigenvalue weighted by atomic mass is 9.91. The van der Waals surface area contributed by atoms with Gasteiger partial charge in [-0.3, -0.25) is 4.79 Å². The van der Waals surface area contributed by atoms with E-state index in [4.69, 9.17) is 21.4 Å². The molecule has 140 valence electrons. The van der Waals surface area contributed by atoms with Gasteiger partial charge in [0, 0.05) is 0 Å². The molecule has 0 aromatic rings. The summed E-state index contributed by atoms with van der Waals surface area (Å²) in [6.45, 7) is 16.5. The molecule has 2 rings (SSSR count). The lowest BCUT2D eigenvalue weighted by Gasteiger charge is -2.48. The number of amides is 1. The van der Waals surface area contributed by atoms with E-state index >= 15 is 0 Å². The lowest BCUT2D eigenvalue weighted by molar-refractivity contribution is -0.166. The molecule has 0 aromatic carbocycles. The SMILES string of the molecule is C=CCOC(=O)[C@H]1C(=S)S[C@@H]2[C@@H](C(C)O[Si](C)(C)C(C)(C)C)C(=O)N12. The Morgan fingerprint density at radius 3 is 2.60 bits per heavy atom. The molecule has 2 aliphatic heterocycles. The Bertz CT molecular complexity index is 602. The van der Waals surface area contributed by atoms with Crippen LogP contribution in [0.5, 0.6) is 0 Å². The molecule has 2 saturated heterocycles. The van der Waals surface area contributed by atoms with E-state index in [2.05, 4.69) is 40.4 Å². The maximum atomic E-state index is 12.7. The first-order valence-electron chi connectivity index (χ1n) is 8.40. The van der Waals surface area contributed by atoms with Crippen molar-refractivity contribution in [1.29, 1.82) is 0 Å². The fraction of sp³-hybridized carbons (Fsp3) is 0.706. The lowest BCUT2D eigenvalue weighted by Crippen LogP contribution is -2.65. The maximum absolute atomic E-state index is 12.7. The van der Waals surface area contributed by atoms with Crippen LogP contribution in [0.2, 0.25) is 18.1 Å². The van der Waals surface area contributed by atoms with Gasteiger partial charge in [0.15, 0.2) is 14.4 Å². The number of thioether (sulfide) groups is 1. The van der Waals surface area contributed by atoms with Crippen molar-refractivity contribution in [3.05, 3.63) is 12.7 Å². The summed E-state index contributed by atoms with van der Waals surface area (Å²) in [6.07, 6.45) is 1.30. The number of thiocarbonyl (C=S) groups is 1. The van der Waals surface area contributed by atoms with Gasteiger partial charge < -0.3 is 14.1 Å². The topological polar surface area (TPSA) is 55.8 Å². The molecule has 1 unspecified atom stereocenters. The number of ether oxygens (including phenoxy) is 1. The standard InChI is InChI=1S/C17H27NO4S2Si/c1-8-9-21-15(20)12-16(23)24-14-11(13(19)18(12)14)10(2)22-25(6,7)17(3,4)5/h8,10-12,14H,1,9H2,2-7H3/t10?,11-,12-,14+/m0/s1. The van der Waals surface area contributed by atoms with E-state index in [1.54, 1.807) is 4.90 Å². The summed E-state index contributed by atoms with van der Waals surface area (Å²) in [4.78, 5) is 26.5. The van der Waals surface area contributed by atoms with Crippen LogP contribution in [0.25, 0.3) is 0 Å². The summed E-state index contributed by atoms with van der Waals surface area (Å²) in [5, 5.41) is -0.0656. The third-order valence-corrected chi connectivity index (χ3v) is 11.5. The van der Waals surface area contributed by atoms with E-state index in [9.17, 15) is 9.59 Å². The molecular weight excluding hydrogens is 374 g/mol. The predicted molar refractivity (Wildman–Crippen MR) is 107 cm³/mol. The van der Waals surface area contributed by atoms with Crippen LogP contribution < -0.4 is 0 Å². The number of hydrogen-bond donors (Lipinski definition) is 0. The summed E-state index contributed by atoms with van der Waals surface area (Å²) >= 11 is 6.74. The minimum atomic E-state index is -1.98. The normalized spacial score (nSPS) is 27.6. The first-order chi connectivity index (χ1) is 11.4. The fourth-order valence-electron chi connectivity index (χ4n) is 2.79. The van der Waals surface area contributed by atoms with E-state index in [0.717, 1.165) is 0 Å². The van der Waals surface area contributed by atoms with Gasteiger partial charge in [0.05, 0.1) is 21.6 Å². The van der Waals surface area contributed by atoms with Gasteiger partial charge in [0.2, 0.25) is 5.91 Å². The molecule has 0 radical (unpaired) electrons. The van der Waals surface area contributed by atoms with Crippen molar-refractivity contribution in [2.45, 2.75) is 63.3 Å². The van der Waals surface area contributed by atoms with E-state index in [1.807, 2.05) is 6.92 Å². The van der Waals surface area contributed by atoms with Crippen LogP contribution in [0.15, 0.2) is 12.7 Å². The second-order valence-electron chi connectivity index (χ2n) is 8.00. The van der Waals surface area contributed by atoms with Crippen molar-refractivity contribution >= 4 is 48.4 Å². The van der Waals surface area contributed by atoms with Gasteiger partial charge in [-0.25, -0.2) is 4.79 Å². The molecule has 1 amide bonds. The second kappa shape index (κ2) is 7.13. The summed E-state index contributed by atoms with van der Waals surface area (Å²) in [5.41, 5.74) is 0. The van der Waals surface area contributed by atoms with Gasteiger partial charge >= 0.3 is 5.97 Å². The molecule has 2 fully saturated rings. The number of carbonyl (C=O) groups excluding carboxylic acids is 2. The van der Waals surface area contributed by atoms with E-state index in [0.29, 0.717) is 4.20 Å². The Morgan fingerprint density at radius 1 is 1.48 bits per heavy atom. The van der Waals surface area contributed by atoms with Gasteiger partial charge in [-0.1, -0.05) is 57.4 Å². The smallest absolute Gasteiger partial charge is 0.335 e. The monoisotopic (exact) mass is 401 g/mol. The minimum Gasteiger partial charge on any atom is -0.460 e. The molecule has 8 heteroatoms. The Morgan fingerprint density at radius 2 is 2.08 bits per heavy atom. The van der Waals surface area contributed by atoms with Gasteiger partial charge in [-0.05, 0) is 25.1 Å². The van der Waals surface area contributed by atoms with Crippen LogP contribution in [0.4, 0.5) is 0 Å². The zero-order valence-corrected chi connectivity index (χ0v) is 18.3. The van der Waals surface area contributed by atoms with Crippen molar-refractivity contribution in [2.24, 2.45) is 5.92 Å². The molecule has 2 heterocycles. The van der Waals surface area contributed by atoms with E-state index in [-0.39, 0.29) is 34.9 Å². The van der Waals surface area contributed by atoms with Gasteiger partial charge in [-0.2, -0.15) is 0 Å². The van der Waals surface area contributed by atoms with Crippen molar-refractivity contribution in [3.63, 3.8) is 0 Å². The highest BCUT2D eigenvalue weighted by Crippen LogP contribution is 2.48. The number of nitrogens with zero attached hydrogens (tertiary/aromatic N) is 1. The molecule has 4 atom stereocenters. The Labute approximate surface area is 160 Å². The molecule has 0 N–H and O–H groups in total. The molecule has 5 nitrogen and oxygen atoms in total. The van der Waals surface area contributed by atoms with Crippen LogP contribution in [-0.4, -0.2) is 53.4 Å². The molecule has 0 bridgehead atoms. The largest absolute Gasteiger partial charge is 0.460 e. The van der Waals surface area contributed by atoms with Crippen molar-refractivity contribution in [1.82, 2.24) is 4.90 Å². The zero-order valence-electron chi connectivity index (χ0n) is 15.7. The molecule has 0 saturated carbocycles. The first-order valence-corrected chi connectivity index (χ1v) is 12.6. The maximum Gasteiger partial charge on any atom is 0.335 e. The zero-order chi connectivity index (χ0) is 19.2. The summed E-state index contributed by atoms with van der Waals surface area (Å²) in [5.74, 6) is -0.831. The Hall–Kier alpha value is -0.703. The average Bonchev–Trinajstić information content (AvgIpc) is 2.76. The highest BCUT2D eigenvalue weighted by atomic mass is 32.2. The van der Waals surface area contributed by atoms with E-state index in [1.165, 1.54) is 17.8 Å². The van der Waals surface area contributed by atoms with E-state index < -0.39 is 20.3 Å². The quantitative estimate of drug-likeness (QED) is 0.224. The summed E-state index contributed by atoms with van der Waals surface area (Å²) in [6, 6.07) is -0.770. The van der Waals surface area contributed by atoms with Crippen LogP contribution in [0, 0.1) is 5.92 Å². The number of carbonyl (C=O) groups is 2. The third-order valence-electron chi connectivity index (χ3n) is 5.22. The van der Waals surface area contributed by atoms with Gasteiger partial charge in [0.25, 0.3) is 0 Å². The van der Waals surface area contributed by atoms with Crippen molar-refractivity contribution in [2.75, 3.05) is 6.61 Å². The molecule has 0 aliphatic carbocycles. The third kappa shape index (κ3) is 3.72. The van der Waals surface area contributed by atoms with Crippen LogP contribution in [0.1, 0.15) is 27.7 Å². The van der Waals surface area contributed by atoms with Crippen molar-refractivity contribution in [3.8, 4) is 0 Å². The number of fused-ring (bicyclic) bond motifs is 1. The second-order valence-corrected chi connectivity index (χ2v) is 14.6. The summed E-state index contributed by atoms with van der Waals surface area (Å²) < 4.78 is 12.0. The Balaban J connectivity index is 2.09. The van der Waals surface area contributed by atoms with Gasteiger partial charge in [-0.15, -0.1) is 0 Å². The first kappa shape index (κ1) is 20.6. The van der Waals surface area contributed by atoms with Crippen LogP contribution >= 0.6 is 24.0 Å². The number of hydrogen-bond acceptors (Lipinski definition) is 6.